The topological polar surface area (TPSA) is 99.2 Å². The van der Waals surface area contributed by atoms with E-state index >= 15 is 0 Å². The Labute approximate surface area is 115 Å². The van der Waals surface area contributed by atoms with Gasteiger partial charge in [0.2, 0.25) is 0 Å². The molecule has 8 nitrogen and oxygen atoms in total. The van der Waals surface area contributed by atoms with Crippen molar-refractivity contribution in [3.8, 4) is 0 Å². The van der Waals surface area contributed by atoms with Gasteiger partial charge in [0.25, 0.3) is 5.95 Å². The van der Waals surface area contributed by atoms with Gasteiger partial charge in [0.1, 0.15) is 0 Å². The number of anilines is 2. The summed E-state index contributed by atoms with van der Waals surface area (Å²) >= 11 is 0. The van der Waals surface area contributed by atoms with Crippen molar-refractivity contribution < 1.29 is 4.79 Å². The maximum Gasteiger partial charge on any atom is 0.283 e. The number of hydrogen-bond acceptors (Lipinski definition) is 7. The Kier molecular flexibility index (Phi) is 4.38. The number of hydrazone groups is 1. The van der Waals surface area contributed by atoms with Gasteiger partial charge in [-0.2, -0.15) is 10.3 Å². The van der Waals surface area contributed by atoms with Gasteiger partial charge >= 0.3 is 0 Å². The monoisotopic (exact) mass is 273 g/mol. The Hall–Kier alpha value is -2.77. The highest BCUT2D eigenvalue weighted by molar-refractivity contribution is 6.03. The summed E-state index contributed by atoms with van der Waals surface area (Å²) < 4.78 is 0. The van der Waals surface area contributed by atoms with Crippen molar-refractivity contribution in [3.05, 3.63) is 29.8 Å². The van der Waals surface area contributed by atoms with E-state index in [4.69, 9.17) is 0 Å². The molecule has 0 aliphatic rings. The summed E-state index contributed by atoms with van der Waals surface area (Å²) in [5.41, 5.74) is 4.25. The van der Waals surface area contributed by atoms with Crippen molar-refractivity contribution in [2.24, 2.45) is 5.10 Å². The third kappa shape index (κ3) is 3.61. The van der Waals surface area contributed by atoms with Gasteiger partial charge in [0.05, 0.1) is 0 Å². The molecule has 2 N–H and O–H groups in total. The molecule has 0 aliphatic heterocycles. The summed E-state index contributed by atoms with van der Waals surface area (Å²) in [5, 5.41) is 16.8. The molecule has 2 aromatic rings. The van der Waals surface area contributed by atoms with Gasteiger partial charge in [-0.25, -0.2) is 5.43 Å². The number of tetrazole rings is 1. The third-order valence-electron chi connectivity index (χ3n) is 2.58. The molecule has 0 amide bonds. The minimum atomic E-state index is -0.00559. The lowest BCUT2D eigenvalue weighted by molar-refractivity contribution is 0.100. The zero-order valence-corrected chi connectivity index (χ0v) is 11.2. The van der Waals surface area contributed by atoms with E-state index in [-0.39, 0.29) is 18.2 Å². The van der Waals surface area contributed by atoms with E-state index in [0.29, 0.717) is 5.56 Å². The molecule has 20 heavy (non-hydrogen) atoms. The number of benzene rings is 1. The molecular weight excluding hydrogens is 258 g/mol. The van der Waals surface area contributed by atoms with Gasteiger partial charge in [-0.15, -0.1) is 5.10 Å². The predicted molar refractivity (Wildman–Crippen MR) is 76.0 cm³/mol. The molecule has 0 aliphatic carbocycles. The van der Waals surface area contributed by atoms with Crippen molar-refractivity contribution in [2.45, 2.75) is 6.42 Å². The van der Waals surface area contributed by atoms with Crippen LogP contribution < -0.4 is 10.3 Å². The smallest absolute Gasteiger partial charge is 0.283 e. The second kappa shape index (κ2) is 6.41. The largest absolute Gasteiger partial charge is 0.378 e. The molecule has 8 heteroatoms. The lowest BCUT2D eigenvalue weighted by Crippen LogP contribution is -2.09. The van der Waals surface area contributed by atoms with E-state index < -0.39 is 0 Å². The van der Waals surface area contributed by atoms with Crippen LogP contribution in [0.5, 0.6) is 0 Å². The second-order valence-corrected chi connectivity index (χ2v) is 4.23. The number of ketones is 1. The van der Waals surface area contributed by atoms with Crippen LogP contribution in [0.2, 0.25) is 0 Å². The van der Waals surface area contributed by atoms with E-state index in [2.05, 4.69) is 31.2 Å². The average Bonchev–Trinajstić information content (AvgIpc) is 2.96. The molecule has 0 spiro atoms. The van der Waals surface area contributed by atoms with Crippen molar-refractivity contribution in [1.82, 2.24) is 20.6 Å². The summed E-state index contributed by atoms with van der Waals surface area (Å²) in [4.78, 5) is 13.9. The Bertz CT molecular complexity index is 574. The normalized spacial score (nSPS) is 10.7. The third-order valence-corrected chi connectivity index (χ3v) is 2.58. The number of carbonyl (C=O) groups excluding carboxylic acids is 1. The first kappa shape index (κ1) is 13.7. The molecule has 0 fully saturated rings. The SMILES string of the molecule is CN(C)c1ccc(C(=O)CC=NNc2nn[nH]n2)cc1. The van der Waals surface area contributed by atoms with E-state index in [9.17, 15) is 4.79 Å². The number of H-pyrrole nitrogens is 1. The minimum Gasteiger partial charge on any atom is -0.378 e. The standard InChI is InChI=1S/C12H15N7O/c1-19(2)10-5-3-9(4-6-10)11(20)7-8-13-14-12-15-17-18-16-12/h3-6,8H,7H2,1-2H3,(H2,14,15,16,17,18). The summed E-state index contributed by atoms with van der Waals surface area (Å²) in [5.74, 6) is 0.248. The molecule has 1 aromatic carbocycles. The number of aromatic amines is 1. The number of Topliss-reactive ketones (excluding diaryl/α,β-unsaturated/α-hetero) is 1. The van der Waals surface area contributed by atoms with Gasteiger partial charge in [0, 0.05) is 38.0 Å². The molecule has 0 radical (unpaired) electrons. The predicted octanol–water partition coefficient (Wildman–Crippen LogP) is 0.936. The Morgan fingerprint density at radius 2 is 2.15 bits per heavy atom. The maximum absolute atomic E-state index is 11.9. The fourth-order valence-corrected chi connectivity index (χ4v) is 1.50. The van der Waals surface area contributed by atoms with Crippen molar-refractivity contribution in [1.29, 1.82) is 0 Å². The number of nitrogens with one attached hydrogen (secondary N) is 2. The highest BCUT2D eigenvalue weighted by Gasteiger charge is 2.04. The van der Waals surface area contributed by atoms with Crippen molar-refractivity contribution in [3.63, 3.8) is 0 Å². The van der Waals surface area contributed by atoms with E-state index in [1.807, 2.05) is 31.1 Å². The van der Waals surface area contributed by atoms with Gasteiger partial charge in [0.15, 0.2) is 5.78 Å². The highest BCUT2D eigenvalue weighted by atomic mass is 16.1. The van der Waals surface area contributed by atoms with Gasteiger partial charge < -0.3 is 4.90 Å². The average molecular weight is 273 g/mol. The zero-order chi connectivity index (χ0) is 14.4. The fourth-order valence-electron chi connectivity index (χ4n) is 1.50. The summed E-state index contributed by atoms with van der Waals surface area (Å²) in [6, 6.07) is 7.42. The molecule has 104 valence electrons. The van der Waals surface area contributed by atoms with E-state index in [0.717, 1.165) is 5.69 Å². The quantitative estimate of drug-likeness (QED) is 0.461. The Morgan fingerprint density at radius 1 is 1.40 bits per heavy atom. The number of rotatable bonds is 6. The van der Waals surface area contributed by atoms with E-state index in [1.165, 1.54) is 6.21 Å². The van der Waals surface area contributed by atoms with Crippen LogP contribution in [0.1, 0.15) is 16.8 Å². The molecule has 0 bridgehead atoms. The maximum atomic E-state index is 11.9. The summed E-state index contributed by atoms with van der Waals surface area (Å²) in [6.07, 6.45) is 1.67. The first-order valence-corrected chi connectivity index (χ1v) is 5.98. The highest BCUT2D eigenvalue weighted by Crippen LogP contribution is 2.13. The van der Waals surface area contributed by atoms with Crippen LogP contribution in [-0.2, 0) is 0 Å². The van der Waals surface area contributed by atoms with Crippen LogP contribution in [0.3, 0.4) is 0 Å². The van der Waals surface area contributed by atoms with Crippen LogP contribution in [0.15, 0.2) is 29.4 Å². The molecule has 0 unspecified atom stereocenters. The fraction of sp³-hybridized carbons (Fsp3) is 0.250. The van der Waals surface area contributed by atoms with Gasteiger partial charge in [-0.1, -0.05) is 5.10 Å². The van der Waals surface area contributed by atoms with Crippen LogP contribution in [0, 0.1) is 0 Å². The number of carbonyl (C=O) groups is 1. The summed E-state index contributed by atoms with van der Waals surface area (Å²) in [7, 11) is 3.90. The molecule has 0 atom stereocenters. The van der Waals surface area contributed by atoms with Gasteiger partial charge in [-0.05, 0) is 29.5 Å². The number of hydrogen-bond donors (Lipinski definition) is 2. The van der Waals surface area contributed by atoms with Gasteiger partial charge in [-0.3, -0.25) is 4.79 Å². The number of nitrogens with zero attached hydrogens (tertiary/aromatic N) is 5. The minimum absolute atomic E-state index is 0.00559. The summed E-state index contributed by atoms with van der Waals surface area (Å²) in [6.45, 7) is 0. The Balaban J connectivity index is 1.86. The molecular formula is C12H15N7O. The van der Waals surface area contributed by atoms with Crippen molar-refractivity contribution in [2.75, 3.05) is 24.4 Å². The number of aromatic nitrogens is 4. The van der Waals surface area contributed by atoms with Crippen LogP contribution >= 0.6 is 0 Å². The molecule has 2 rings (SSSR count). The van der Waals surface area contributed by atoms with Crippen molar-refractivity contribution >= 4 is 23.6 Å². The molecule has 1 aromatic heterocycles. The molecule has 0 saturated heterocycles. The molecule has 0 saturated carbocycles. The first-order chi connectivity index (χ1) is 9.66. The lowest BCUT2D eigenvalue weighted by Gasteiger charge is -2.12. The lowest BCUT2D eigenvalue weighted by atomic mass is 10.1. The molecule has 1 heterocycles. The van der Waals surface area contributed by atoms with Crippen LogP contribution in [0.25, 0.3) is 0 Å². The van der Waals surface area contributed by atoms with Crippen LogP contribution in [-0.4, -0.2) is 46.7 Å². The van der Waals surface area contributed by atoms with E-state index in [1.54, 1.807) is 12.1 Å². The Morgan fingerprint density at radius 3 is 2.75 bits per heavy atom. The second-order valence-electron chi connectivity index (χ2n) is 4.23. The van der Waals surface area contributed by atoms with Crippen LogP contribution in [0.4, 0.5) is 11.6 Å². The zero-order valence-electron chi connectivity index (χ0n) is 11.2. The first-order valence-electron chi connectivity index (χ1n) is 5.98.